The van der Waals surface area contributed by atoms with E-state index < -0.39 is 10.0 Å². The second kappa shape index (κ2) is 6.69. The summed E-state index contributed by atoms with van der Waals surface area (Å²) in [4.78, 5) is 0.324. The largest absolute Gasteiger partial charge is 0.380 e. The predicted octanol–water partition coefficient (Wildman–Crippen LogP) is 2.29. The lowest BCUT2D eigenvalue weighted by Gasteiger charge is -2.35. The van der Waals surface area contributed by atoms with E-state index in [1.165, 1.54) is 4.31 Å². The van der Waals surface area contributed by atoms with Crippen molar-refractivity contribution in [1.82, 2.24) is 8.87 Å². The molecule has 1 aromatic heterocycles. The Hall–Kier alpha value is -0.560. The molecule has 0 N–H and O–H groups in total. The highest BCUT2D eigenvalue weighted by Gasteiger charge is 2.34. The Morgan fingerprint density at radius 3 is 2.71 bits per heavy atom. The zero-order valence-corrected chi connectivity index (χ0v) is 14.3. The van der Waals surface area contributed by atoms with Gasteiger partial charge < -0.3 is 9.30 Å². The van der Waals surface area contributed by atoms with Crippen LogP contribution in [-0.2, 0) is 27.2 Å². The molecule has 2 unspecified atom stereocenters. The van der Waals surface area contributed by atoms with Gasteiger partial charge in [0, 0.05) is 38.6 Å². The number of aromatic nitrogens is 1. The molecule has 1 saturated heterocycles. The van der Waals surface area contributed by atoms with Crippen LogP contribution in [-0.4, -0.2) is 43.6 Å². The fourth-order valence-corrected chi connectivity index (χ4v) is 4.51. The van der Waals surface area contributed by atoms with Gasteiger partial charge in [-0.15, -0.1) is 11.6 Å². The summed E-state index contributed by atoms with van der Waals surface area (Å²) in [5.74, 6) is 0.682. The Balaban J connectivity index is 2.27. The SMILES string of the molecule is CCn1cc(S(=O)(=O)N2CCC(C)C(OC)C2)cc1CCl. The second-order valence-corrected chi connectivity index (χ2v) is 7.70. The first-order valence-electron chi connectivity index (χ1n) is 7.22. The molecule has 0 amide bonds. The van der Waals surface area contributed by atoms with Gasteiger partial charge in [-0.3, -0.25) is 0 Å². The maximum atomic E-state index is 12.8. The third kappa shape index (κ3) is 3.28. The van der Waals surface area contributed by atoms with Crippen LogP contribution in [0.1, 0.15) is 26.0 Å². The van der Waals surface area contributed by atoms with Gasteiger partial charge in [-0.2, -0.15) is 4.31 Å². The smallest absolute Gasteiger partial charge is 0.244 e. The molecule has 0 bridgehead atoms. The lowest BCUT2D eigenvalue weighted by molar-refractivity contribution is 0.0184. The van der Waals surface area contributed by atoms with Crippen LogP contribution in [0.2, 0.25) is 0 Å². The summed E-state index contributed by atoms with van der Waals surface area (Å²) < 4.78 is 34.3. The highest BCUT2D eigenvalue weighted by atomic mass is 35.5. The van der Waals surface area contributed by atoms with Gasteiger partial charge in [-0.25, -0.2) is 8.42 Å². The number of piperidine rings is 1. The quantitative estimate of drug-likeness (QED) is 0.776. The van der Waals surface area contributed by atoms with Crippen molar-refractivity contribution in [3.63, 3.8) is 0 Å². The molecule has 0 aromatic carbocycles. The van der Waals surface area contributed by atoms with E-state index in [2.05, 4.69) is 6.92 Å². The van der Waals surface area contributed by atoms with Crippen LogP contribution in [0.15, 0.2) is 17.2 Å². The van der Waals surface area contributed by atoms with Crippen molar-refractivity contribution in [2.45, 2.75) is 43.7 Å². The zero-order chi connectivity index (χ0) is 15.6. The molecule has 21 heavy (non-hydrogen) atoms. The molecule has 2 heterocycles. The molecule has 1 aliphatic heterocycles. The summed E-state index contributed by atoms with van der Waals surface area (Å²) >= 11 is 5.88. The van der Waals surface area contributed by atoms with Crippen LogP contribution >= 0.6 is 11.6 Å². The number of aryl methyl sites for hydroxylation is 1. The van der Waals surface area contributed by atoms with Gasteiger partial charge in [-0.05, 0) is 25.3 Å². The fraction of sp³-hybridized carbons (Fsp3) is 0.714. The lowest BCUT2D eigenvalue weighted by Crippen LogP contribution is -2.46. The first kappa shape index (κ1) is 16.8. The van der Waals surface area contributed by atoms with Gasteiger partial charge in [0.15, 0.2) is 0 Å². The summed E-state index contributed by atoms with van der Waals surface area (Å²) in [6.45, 7) is 5.72. The number of hydrogen-bond donors (Lipinski definition) is 0. The van der Waals surface area contributed by atoms with Gasteiger partial charge in [0.2, 0.25) is 10.0 Å². The number of halogens is 1. The number of rotatable bonds is 5. The molecule has 0 saturated carbocycles. The fourth-order valence-electron chi connectivity index (χ4n) is 2.75. The molecule has 5 nitrogen and oxygen atoms in total. The van der Waals surface area contributed by atoms with Crippen molar-refractivity contribution < 1.29 is 13.2 Å². The Labute approximate surface area is 131 Å². The van der Waals surface area contributed by atoms with Gasteiger partial charge >= 0.3 is 0 Å². The first-order valence-corrected chi connectivity index (χ1v) is 9.19. The average Bonchev–Trinajstić information content (AvgIpc) is 2.91. The average molecular weight is 335 g/mol. The molecule has 1 aromatic rings. The molecule has 1 fully saturated rings. The normalized spacial score (nSPS) is 24.4. The van der Waals surface area contributed by atoms with E-state index in [0.717, 1.165) is 12.1 Å². The van der Waals surface area contributed by atoms with E-state index >= 15 is 0 Å². The second-order valence-electron chi connectivity index (χ2n) is 5.49. The van der Waals surface area contributed by atoms with Crippen LogP contribution in [0, 0.1) is 5.92 Å². The van der Waals surface area contributed by atoms with E-state index in [1.807, 2.05) is 11.5 Å². The van der Waals surface area contributed by atoms with E-state index in [4.69, 9.17) is 16.3 Å². The minimum Gasteiger partial charge on any atom is -0.380 e. The summed E-state index contributed by atoms with van der Waals surface area (Å²) in [6, 6.07) is 1.67. The highest BCUT2D eigenvalue weighted by molar-refractivity contribution is 7.89. The van der Waals surface area contributed by atoms with Gasteiger partial charge in [0.05, 0.1) is 12.0 Å². The van der Waals surface area contributed by atoms with Crippen molar-refractivity contribution >= 4 is 21.6 Å². The molecular formula is C14H23ClN2O3S. The number of nitrogens with zero attached hydrogens (tertiary/aromatic N) is 2. The lowest BCUT2D eigenvalue weighted by atomic mass is 9.97. The van der Waals surface area contributed by atoms with Gasteiger partial charge in [0.25, 0.3) is 0 Å². The van der Waals surface area contributed by atoms with E-state index in [-0.39, 0.29) is 6.10 Å². The standard InChI is InChI=1S/C14H23ClN2O3S/c1-4-16-9-13(7-12(16)8-15)21(18,19)17-6-5-11(2)14(10-17)20-3/h7,9,11,14H,4-6,8,10H2,1-3H3. The number of hydrogen-bond acceptors (Lipinski definition) is 3. The maximum Gasteiger partial charge on any atom is 0.244 e. The zero-order valence-electron chi connectivity index (χ0n) is 12.8. The van der Waals surface area contributed by atoms with Gasteiger partial charge in [0.1, 0.15) is 4.90 Å². The van der Waals surface area contributed by atoms with E-state index in [9.17, 15) is 8.42 Å². The van der Waals surface area contributed by atoms with Gasteiger partial charge in [-0.1, -0.05) is 6.92 Å². The molecule has 1 aliphatic rings. The summed E-state index contributed by atoms with van der Waals surface area (Å²) in [6.07, 6.45) is 2.44. The van der Waals surface area contributed by atoms with Crippen molar-refractivity contribution in [2.75, 3.05) is 20.2 Å². The number of alkyl halides is 1. The predicted molar refractivity (Wildman–Crippen MR) is 83.0 cm³/mol. The number of methoxy groups -OCH3 is 1. The maximum absolute atomic E-state index is 12.8. The van der Waals surface area contributed by atoms with Crippen LogP contribution in [0.3, 0.4) is 0 Å². The Morgan fingerprint density at radius 1 is 1.48 bits per heavy atom. The first-order chi connectivity index (χ1) is 9.93. The Kier molecular flexibility index (Phi) is 5.35. The molecule has 0 spiro atoms. The summed E-state index contributed by atoms with van der Waals surface area (Å²) in [5, 5.41) is 0. The molecule has 2 atom stereocenters. The van der Waals surface area contributed by atoms with Crippen LogP contribution in [0.4, 0.5) is 0 Å². The molecule has 7 heteroatoms. The summed E-state index contributed by atoms with van der Waals surface area (Å²) in [7, 11) is -1.84. The number of ether oxygens (including phenoxy) is 1. The monoisotopic (exact) mass is 334 g/mol. The molecule has 120 valence electrons. The van der Waals surface area contributed by atoms with Crippen molar-refractivity contribution in [1.29, 1.82) is 0 Å². The molecule has 2 rings (SSSR count). The minimum absolute atomic E-state index is 0.0470. The topological polar surface area (TPSA) is 51.5 Å². The van der Waals surface area contributed by atoms with Crippen LogP contribution < -0.4 is 0 Å². The van der Waals surface area contributed by atoms with Crippen molar-refractivity contribution in [3.05, 3.63) is 18.0 Å². The Bertz CT molecular complexity index is 564. The molecule has 0 radical (unpaired) electrons. The Morgan fingerprint density at radius 2 is 2.19 bits per heavy atom. The van der Waals surface area contributed by atoms with E-state index in [1.54, 1.807) is 19.4 Å². The third-order valence-electron chi connectivity index (χ3n) is 4.23. The molecular weight excluding hydrogens is 312 g/mol. The van der Waals surface area contributed by atoms with Crippen molar-refractivity contribution in [2.24, 2.45) is 5.92 Å². The minimum atomic E-state index is -3.48. The summed E-state index contributed by atoms with van der Waals surface area (Å²) in [5.41, 5.74) is 0.825. The van der Waals surface area contributed by atoms with Crippen LogP contribution in [0.5, 0.6) is 0 Å². The highest BCUT2D eigenvalue weighted by Crippen LogP contribution is 2.26. The number of sulfonamides is 1. The van der Waals surface area contributed by atoms with E-state index in [0.29, 0.717) is 36.3 Å². The van der Waals surface area contributed by atoms with Crippen molar-refractivity contribution in [3.8, 4) is 0 Å². The molecule has 0 aliphatic carbocycles. The third-order valence-corrected chi connectivity index (χ3v) is 6.34. The van der Waals surface area contributed by atoms with Crippen LogP contribution in [0.25, 0.3) is 0 Å².